The Kier molecular flexibility index (Phi) is 3.54. The molecule has 0 bridgehead atoms. The van der Waals surface area contributed by atoms with E-state index in [1.165, 1.54) is 39.2 Å². The third-order valence-corrected chi connectivity index (χ3v) is 3.81. The highest BCUT2D eigenvalue weighted by molar-refractivity contribution is 5.58. The van der Waals surface area contributed by atoms with Crippen LogP contribution >= 0.6 is 0 Å². The van der Waals surface area contributed by atoms with Crippen molar-refractivity contribution in [3.05, 3.63) is 18.6 Å². The molecule has 2 heterocycles. The molecule has 1 fully saturated rings. The quantitative estimate of drug-likeness (QED) is 0.929. The maximum absolute atomic E-state index is 5.68. The molecule has 2 aromatic heterocycles. The molecular formula is C14H19N5O. The molecule has 6 nitrogen and oxygen atoms in total. The van der Waals surface area contributed by atoms with E-state index < -0.39 is 0 Å². The standard InChI is InChI=1S/C14H19N5O/c1-20-14-13(15)16-8-12(18-14)10-7-17-19(9-10)11-5-3-2-4-6-11/h7-9,11H,2-6H2,1H3,(H2,15,16). The summed E-state index contributed by atoms with van der Waals surface area (Å²) < 4.78 is 7.16. The van der Waals surface area contributed by atoms with Gasteiger partial charge in [-0.15, -0.1) is 0 Å². The number of ether oxygens (including phenoxy) is 1. The molecule has 20 heavy (non-hydrogen) atoms. The minimum absolute atomic E-state index is 0.302. The predicted molar refractivity (Wildman–Crippen MR) is 76.3 cm³/mol. The van der Waals surface area contributed by atoms with E-state index in [2.05, 4.69) is 19.7 Å². The minimum atomic E-state index is 0.302. The van der Waals surface area contributed by atoms with Crippen LogP contribution in [0, 0.1) is 0 Å². The van der Waals surface area contributed by atoms with Crippen LogP contribution in [-0.2, 0) is 0 Å². The van der Waals surface area contributed by atoms with Gasteiger partial charge in [-0.25, -0.2) is 9.97 Å². The molecule has 1 saturated carbocycles. The molecule has 2 N–H and O–H groups in total. The fraction of sp³-hybridized carbons (Fsp3) is 0.500. The van der Waals surface area contributed by atoms with Gasteiger partial charge in [-0.3, -0.25) is 4.68 Å². The lowest BCUT2D eigenvalue weighted by atomic mass is 9.96. The average molecular weight is 273 g/mol. The highest BCUT2D eigenvalue weighted by Crippen LogP contribution is 2.29. The van der Waals surface area contributed by atoms with Gasteiger partial charge in [0.05, 0.1) is 31.2 Å². The fourth-order valence-corrected chi connectivity index (χ4v) is 2.69. The molecule has 3 rings (SSSR count). The molecule has 0 aromatic carbocycles. The zero-order valence-electron chi connectivity index (χ0n) is 11.6. The van der Waals surface area contributed by atoms with Gasteiger partial charge in [-0.05, 0) is 12.8 Å². The predicted octanol–water partition coefficient (Wildman–Crippen LogP) is 2.44. The summed E-state index contributed by atoms with van der Waals surface area (Å²) in [5, 5.41) is 4.47. The summed E-state index contributed by atoms with van der Waals surface area (Å²) in [6.07, 6.45) is 11.8. The van der Waals surface area contributed by atoms with E-state index in [0.717, 1.165) is 11.3 Å². The van der Waals surface area contributed by atoms with Crippen molar-refractivity contribution < 1.29 is 4.74 Å². The second-order valence-electron chi connectivity index (χ2n) is 5.15. The molecule has 106 valence electrons. The second kappa shape index (κ2) is 5.48. The molecule has 1 aliphatic rings. The van der Waals surface area contributed by atoms with Gasteiger partial charge >= 0.3 is 0 Å². The molecule has 0 aliphatic heterocycles. The van der Waals surface area contributed by atoms with E-state index in [4.69, 9.17) is 10.5 Å². The molecular weight excluding hydrogens is 254 g/mol. The molecule has 0 unspecified atom stereocenters. The van der Waals surface area contributed by atoms with Crippen LogP contribution in [0.1, 0.15) is 38.1 Å². The average Bonchev–Trinajstić information content (AvgIpc) is 2.98. The van der Waals surface area contributed by atoms with E-state index in [1.807, 2.05) is 12.4 Å². The monoisotopic (exact) mass is 273 g/mol. The van der Waals surface area contributed by atoms with Gasteiger partial charge in [0.25, 0.3) is 5.88 Å². The summed E-state index contributed by atoms with van der Waals surface area (Å²) in [4.78, 5) is 8.46. The third-order valence-electron chi connectivity index (χ3n) is 3.81. The molecule has 0 radical (unpaired) electrons. The summed E-state index contributed by atoms with van der Waals surface area (Å²) in [7, 11) is 1.54. The Labute approximate surface area is 118 Å². The van der Waals surface area contributed by atoms with Crippen molar-refractivity contribution >= 4 is 5.82 Å². The van der Waals surface area contributed by atoms with Gasteiger partial charge in [0, 0.05) is 11.8 Å². The Bertz CT molecular complexity index is 589. The van der Waals surface area contributed by atoms with Crippen molar-refractivity contribution in [3.8, 4) is 17.1 Å². The third kappa shape index (κ3) is 2.45. The maximum atomic E-state index is 5.68. The van der Waals surface area contributed by atoms with E-state index in [0.29, 0.717) is 17.7 Å². The summed E-state index contributed by atoms with van der Waals surface area (Å²) in [5.41, 5.74) is 7.36. The number of aromatic nitrogens is 4. The van der Waals surface area contributed by atoms with Gasteiger partial charge in [0.2, 0.25) is 0 Å². The lowest BCUT2D eigenvalue weighted by Gasteiger charge is -2.21. The number of hydrogen-bond acceptors (Lipinski definition) is 5. The first kappa shape index (κ1) is 12.9. The summed E-state index contributed by atoms with van der Waals surface area (Å²) >= 11 is 0. The van der Waals surface area contributed by atoms with Crippen molar-refractivity contribution in [2.75, 3.05) is 12.8 Å². The summed E-state index contributed by atoms with van der Waals surface area (Å²) in [6.45, 7) is 0. The first-order valence-corrected chi connectivity index (χ1v) is 6.99. The Morgan fingerprint density at radius 1 is 1.25 bits per heavy atom. The molecule has 0 atom stereocenters. The second-order valence-corrected chi connectivity index (χ2v) is 5.15. The van der Waals surface area contributed by atoms with E-state index in [1.54, 1.807) is 6.20 Å². The Morgan fingerprint density at radius 2 is 2.05 bits per heavy atom. The van der Waals surface area contributed by atoms with Gasteiger partial charge < -0.3 is 10.5 Å². The normalized spacial score (nSPS) is 16.2. The van der Waals surface area contributed by atoms with Crippen LogP contribution in [0.5, 0.6) is 5.88 Å². The van der Waals surface area contributed by atoms with Crippen molar-refractivity contribution in [1.82, 2.24) is 19.7 Å². The molecule has 6 heteroatoms. The molecule has 0 amide bonds. The van der Waals surface area contributed by atoms with Gasteiger partial charge in [-0.2, -0.15) is 5.10 Å². The lowest BCUT2D eigenvalue weighted by Crippen LogP contribution is -2.12. The van der Waals surface area contributed by atoms with E-state index >= 15 is 0 Å². The largest absolute Gasteiger partial charge is 0.478 e. The number of methoxy groups -OCH3 is 1. The molecule has 0 spiro atoms. The SMILES string of the molecule is COc1nc(-c2cnn(C3CCCCC3)c2)cnc1N. The van der Waals surface area contributed by atoms with Gasteiger partial charge in [-0.1, -0.05) is 19.3 Å². The number of rotatable bonds is 3. The van der Waals surface area contributed by atoms with Crippen LogP contribution < -0.4 is 10.5 Å². The fourth-order valence-electron chi connectivity index (χ4n) is 2.69. The van der Waals surface area contributed by atoms with Gasteiger partial charge in [0.1, 0.15) is 0 Å². The van der Waals surface area contributed by atoms with Crippen molar-refractivity contribution in [2.24, 2.45) is 0 Å². The van der Waals surface area contributed by atoms with Crippen molar-refractivity contribution in [1.29, 1.82) is 0 Å². The van der Waals surface area contributed by atoms with Crippen LogP contribution in [-0.4, -0.2) is 26.9 Å². The zero-order valence-corrected chi connectivity index (χ0v) is 11.6. The van der Waals surface area contributed by atoms with E-state index in [-0.39, 0.29) is 0 Å². The smallest absolute Gasteiger partial charge is 0.257 e. The first-order valence-electron chi connectivity index (χ1n) is 6.99. The van der Waals surface area contributed by atoms with Crippen LogP contribution in [0.25, 0.3) is 11.3 Å². The van der Waals surface area contributed by atoms with Crippen LogP contribution in [0.3, 0.4) is 0 Å². The highest BCUT2D eigenvalue weighted by atomic mass is 16.5. The molecule has 2 aromatic rings. The molecule has 1 aliphatic carbocycles. The summed E-state index contributed by atoms with van der Waals surface area (Å²) in [5.74, 6) is 0.656. The van der Waals surface area contributed by atoms with Crippen LogP contribution in [0.4, 0.5) is 5.82 Å². The Morgan fingerprint density at radius 3 is 2.80 bits per heavy atom. The number of hydrogen-bond donors (Lipinski definition) is 1. The first-order chi connectivity index (χ1) is 9.78. The van der Waals surface area contributed by atoms with Crippen molar-refractivity contribution in [3.63, 3.8) is 0 Å². The Hall–Kier alpha value is -2.11. The summed E-state index contributed by atoms with van der Waals surface area (Å²) in [6, 6.07) is 0.515. The maximum Gasteiger partial charge on any atom is 0.257 e. The van der Waals surface area contributed by atoms with Crippen LogP contribution in [0.15, 0.2) is 18.6 Å². The van der Waals surface area contributed by atoms with Crippen LogP contribution in [0.2, 0.25) is 0 Å². The minimum Gasteiger partial charge on any atom is -0.478 e. The number of nitrogens with zero attached hydrogens (tertiary/aromatic N) is 4. The zero-order chi connectivity index (χ0) is 13.9. The van der Waals surface area contributed by atoms with Gasteiger partial charge in [0.15, 0.2) is 5.82 Å². The Balaban J connectivity index is 1.85. The number of anilines is 1. The number of nitrogens with two attached hydrogens (primary N) is 1. The number of nitrogen functional groups attached to an aromatic ring is 1. The topological polar surface area (TPSA) is 78.9 Å². The highest BCUT2D eigenvalue weighted by Gasteiger charge is 2.17. The molecule has 0 saturated heterocycles. The van der Waals surface area contributed by atoms with E-state index in [9.17, 15) is 0 Å². The lowest BCUT2D eigenvalue weighted by molar-refractivity contribution is 0.329. The van der Waals surface area contributed by atoms with Crippen molar-refractivity contribution in [2.45, 2.75) is 38.1 Å².